The normalized spacial score (nSPS) is 10.8. The number of imidazole rings is 1. The molecule has 0 unspecified atom stereocenters. The van der Waals surface area contributed by atoms with Gasteiger partial charge < -0.3 is 4.40 Å². The van der Waals surface area contributed by atoms with Gasteiger partial charge in [0.1, 0.15) is 11.5 Å². The molecule has 0 radical (unpaired) electrons. The van der Waals surface area contributed by atoms with Crippen molar-refractivity contribution in [2.75, 3.05) is 0 Å². The average molecular weight is 185 g/mol. The number of halogens is 2. The Morgan fingerprint density at radius 2 is 2.42 bits per heavy atom. The fraction of sp³-hybridized carbons (Fsp3) is 0.125. The van der Waals surface area contributed by atoms with Crippen LogP contribution in [0, 0.1) is 5.82 Å². The second-order valence-corrected chi connectivity index (χ2v) is 2.74. The summed E-state index contributed by atoms with van der Waals surface area (Å²) in [5.74, 6) is -0.0192. The second-order valence-electron chi connectivity index (χ2n) is 2.48. The van der Waals surface area contributed by atoms with Crippen LogP contribution in [0.25, 0.3) is 5.65 Å². The molecule has 2 rings (SSSR count). The van der Waals surface area contributed by atoms with E-state index in [0.29, 0.717) is 11.2 Å². The summed E-state index contributed by atoms with van der Waals surface area (Å²) in [4.78, 5) is 4.04. The Kier molecular flexibility index (Phi) is 1.73. The molecule has 2 aromatic rings. The van der Waals surface area contributed by atoms with E-state index in [1.165, 1.54) is 12.3 Å². The molecule has 0 N–H and O–H groups in total. The lowest BCUT2D eigenvalue weighted by Gasteiger charge is -1.99. The number of alkyl halides is 1. The Balaban J connectivity index is 2.80. The van der Waals surface area contributed by atoms with Crippen LogP contribution in [0.2, 0.25) is 0 Å². The first kappa shape index (κ1) is 7.55. The summed E-state index contributed by atoms with van der Waals surface area (Å²) in [5.41, 5.74) is 1.42. The third-order valence-corrected chi connectivity index (χ3v) is 1.96. The van der Waals surface area contributed by atoms with Crippen LogP contribution >= 0.6 is 11.6 Å². The number of hydrogen-bond acceptors (Lipinski definition) is 1. The summed E-state index contributed by atoms with van der Waals surface area (Å²) < 4.78 is 14.5. The summed E-state index contributed by atoms with van der Waals surface area (Å²) in [6.07, 6.45) is 4.68. The Morgan fingerprint density at radius 3 is 3.17 bits per heavy atom. The van der Waals surface area contributed by atoms with E-state index >= 15 is 0 Å². The Hall–Kier alpha value is -1.09. The zero-order valence-electron chi connectivity index (χ0n) is 6.17. The van der Waals surface area contributed by atoms with E-state index < -0.39 is 0 Å². The molecule has 4 heteroatoms. The molecule has 0 atom stereocenters. The second kappa shape index (κ2) is 2.75. The minimum Gasteiger partial charge on any atom is -0.304 e. The van der Waals surface area contributed by atoms with E-state index in [9.17, 15) is 4.39 Å². The van der Waals surface area contributed by atoms with Crippen LogP contribution in [0.1, 0.15) is 5.56 Å². The maximum atomic E-state index is 12.9. The van der Waals surface area contributed by atoms with Gasteiger partial charge in [0, 0.05) is 24.2 Å². The molecule has 0 saturated carbocycles. The van der Waals surface area contributed by atoms with Crippen LogP contribution in [-0.4, -0.2) is 9.38 Å². The minimum atomic E-state index is -0.295. The Morgan fingerprint density at radius 1 is 1.58 bits per heavy atom. The van der Waals surface area contributed by atoms with Crippen LogP contribution in [-0.2, 0) is 5.88 Å². The van der Waals surface area contributed by atoms with Gasteiger partial charge in [-0.15, -0.1) is 11.6 Å². The monoisotopic (exact) mass is 184 g/mol. The van der Waals surface area contributed by atoms with Crippen molar-refractivity contribution in [2.45, 2.75) is 5.88 Å². The highest BCUT2D eigenvalue weighted by molar-refractivity contribution is 6.17. The van der Waals surface area contributed by atoms with Crippen LogP contribution < -0.4 is 0 Å². The minimum absolute atomic E-state index is 0.276. The molecule has 0 spiro atoms. The summed E-state index contributed by atoms with van der Waals surface area (Å²) in [6.45, 7) is 0. The van der Waals surface area contributed by atoms with Gasteiger partial charge in [0.05, 0.1) is 5.88 Å². The molecule has 0 fully saturated rings. The lowest BCUT2D eigenvalue weighted by Crippen LogP contribution is -1.91. The summed E-state index contributed by atoms with van der Waals surface area (Å²) in [5, 5.41) is 0. The molecule has 2 aromatic heterocycles. The lowest BCUT2D eigenvalue weighted by molar-refractivity contribution is 0.617. The molecule has 2 nitrogen and oxygen atoms in total. The first-order chi connectivity index (χ1) is 5.81. The van der Waals surface area contributed by atoms with Crippen LogP contribution in [0.3, 0.4) is 0 Å². The van der Waals surface area contributed by atoms with Crippen molar-refractivity contribution >= 4 is 17.2 Å². The number of nitrogens with zero attached hydrogens (tertiary/aromatic N) is 2. The molecule has 62 valence electrons. The van der Waals surface area contributed by atoms with Crippen molar-refractivity contribution in [3.05, 3.63) is 36.0 Å². The molecule has 0 aliphatic heterocycles. The molecular weight excluding hydrogens is 179 g/mol. The highest BCUT2D eigenvalue weighted by atomic mass is 35.5. The quantitative estimate of drug-likeness (QED) is 0.622. The number of hydrogen-bond donors (Lipinski definition) is 0. The van der Waals surface area contributed by atoms with Crippen molar-refractivity contribution in [3.63, 3.8) is 0 Å². The van der Waals surface area contributed by atoms with E-state index in [0.717, 1.165) is 0 Å². The molecule has 0 aromatic carbocycles. The standard InChI is InChI=1S/C8H6ClFN2/c9-4-6-3-7(10)5-12-2-1-11-8(6)12/h1-3,5H,4H2. The molecule has 0 amide bonds. The van der Waals surface area contributed by atoms with Gasteiger partial charge >= 0.3 is 0 Å². The number of rotatable bonds is 1. The van der Waals surface area contributed by atoms with Crippen molar-refractivity contribution in [1.29, 1.82) is 0 Å². The zero-order chi connectivity index (χ0) is 8.55. The highest BCUT2D eigenvalue weighted by Crippen LogP contribution is 2.13. The topological polar surface area (TPSA) is 17.3 Å². The third kappa shape index (κ3) is 1.06. The highest BCUT2D eigenvalue weighted by Gasteiger charge is 2.03. The Bertz CT molecular complexity index is 410. The Labute approximate surface area is 73.6 Å². The molecule has 2 heterocycles. The van der Waals surface area contributed by atoms with Gasteiger partial charge in [0.15, 0.2) is 0 Å². The van der Waals surface area contributed by atoms with Gasteiger partial charge in [-0.1, -0.05) is 0 Å². The van der Waals surface area contributed by atoms with Gasteiger partial charge in [-0.25, -0.2) is 9.37 Å². The molecule has 12 heavy (non-hydrogen) atoms. The van der Waals surface area contributed by atoms with Crippen molar-refractivity contribution in [3.8, 4) is 0 Å². The smallest absolute Gasteiger partial charge is 0.141 e. The van der Waals surface area contributed by atoms with Crippen LogP contribution in [0.15, 0.2) is 24.7 Å². The van der Waals surface area contributed by atoms with E-state index in [2.05, 4.69) is 4.98 Å². The SMILES string of the molecule is Fc1cc(CCl)c2nccn2c1. The van der Waals surface area contributed by atoms with Gasteiger partial charge in [-0.2, -0.15) is 0 Å². The number of aromatic nitrogens is 2. The first-order valence-electron chi connectivity index (χ1n) is 3.48. The van der Waals surface area contributed by atoms with E-state index in [-0.39, 0.29) is 11.7 Å². The van der Waals surface area contributed by atoms with Gasteiger partial charge in [0.2, 0.25) is 0 Å². The number of fused-ring (bicyclic) bond motifs is 1. The van der Waals surface area contributed by atoms with Crippen LogP contribution in [0.4, 0.5) is 4.39 Å². The van der Waals surface area contributed by atoms with Crippen LogP contribution in [0.5, 0.6) is 0 Å². The number of pyridine rings is 1. The lowest BCUT2D eigenvalue weighted by atomic mass is 10.3. The van der Waals surface area contributed by atoms with Gasteiger partial charge in [-0.3, -0.25) is 0 Å². The van der Waals surface area contributed by atoms with E-state index in [4.69, 9.17) is 11.6 Å². The fourth-order valence-electron chi connectivity index (χ4n) is 1.17. The third-order valence-electron chi connectivity index (χ3n) is 1.67. The molecule has 0 bridgehead atoms. The van der Waals surface area contributed by atoms with Crippen molar-refractivity contribution in [2.24, 2.45) is 0 Å². The maximum absolute atomic E-state index is 12.9. The van der Waals surface area contributed by atoms with E-state index in [1.54, 1.807) is 16.8 Å². The summed E-state index contributed by atoms with van der Waals surface area (Å²) >= 11 is 5.61. The molecule has 0 saturated heterocycles. The molecule has 0 aliphatic rings. The van der Waals surface area contributed by atoms with Crippen molar-refractivity contribution in [1.82, 2.24) is 9.38 Å². The predicted octanol–water partition coefficient (Wildman–Crippen LogP) is 2.21. The van der Waals surface area contributed by atoms with Gasteiger partial charge in [-0.05, 0) is 6.07 Å². The molecular formula is C8H6ClFN2. The average Bonchev–Trinajstić information content (AvgIpc) is 2.50. The largest absolute Gasteiger partial charge is 0.304 e. The van der Waals surface area contributed by atoms with E-state index in [1.807, 2.05) is 0 Å². The zero-order valence-corrected chi connectivity index (χ0v) is 6.92. The maximum Gasteiger partial charge on any atom is 0.141 e. The summed E-state index contributed by atoms with van der Waals surface area (Å²) in [6, 6.07) is 1.40. The summed E-state index contributed by atoms with van der Waals surface area (Å²) in [7, 11) is 0. The first-order valence-corrected chi connectivity index (χ1v) is 4.02. The van der Waals surface area contributed by atoms with Crippen molar-refractivity contribution < 1.29 is 4.39 Å². The predicted molar refractivity (Wildman–Crippen MR) is 44.7 cm³/mol. The fourth-order valence-corrected chi connectivity index (χ4v) is 1.36. The van der Waals surface area contributed by atoms with Gasteiger partial charge in [0.25, 0.3) is 0 Å². The molecule has 0 aliphatic carbocycles.